The third-order valence-corrected chi connectivity index (χ3v) is 8.19. The summed E-state index contributed by atoms with van der Waals surface area (Å²) < 4.78 is 33.8. The topological polar surface area (TPSA) is 91.0 Å². The standard InChI is InChI=1S/C28H35ClF2N4O4S/c1-28(2,3)16-35(18-5-4-6-18)21(14-32-27(38)22-9-10-23(29)40-22)26(37)33-17-7-8-20(19(13-17)25(30)31)34-11-12-39-15-24(34)36/h7-10,13,18,21,25H,4-6,11-12,14-16H2,1-3H3,(H,32,38)(H,33,37)/t21-/m0/s1. The second-order valence-corrected chi connectivity index (χ2v) is 13.0. The Morgan fingerprint density at radius 2 is 1.98 bits per heavy atom. The lowest BCUT2D eigenvalue weighted by Crippen LogP contribution is -2.58. The Kier molecular flexibility index (Phi) is 9.81. The molecule has 2 aromatic rings. The van der Waals surface area contributed by atoms with Crippen molar-refractivity contribution >= 4 is 52.0 Å². The van der Waals surface area contributed by atoms with Crippen molar-refractivity contribution in [2.24, 2.45) is 5.41 Å². The van der Waals surface area contributed by atoms with Crippen LogP contribution in [0.2, 0.25) is 4.34 Å². The molecule has 0 bridgehead atoms. The third kappa shape index (κ3) is 7.57. The van der Waals surface area contributed by atoms with Crippen molar-refractivity contribution < 1.29 is 27.9 Å². The molecule has 1 saturated heterocycles. The number of nitrogens with one attached hydrogen (secondary N) is 2. The highest BCUT2D eigenvalue weighted by Crippen LogP contribution is 2.34. The van der Waals surface area contributed by atoms with Gasteiger partial charge in [-0.3, -0.25) is 19.3 Å². The van der Waals surface area contributed by atoms with E-state index in [1.807, 2.05) is 0 Å². The maximum absolute atomic E-state index is 14.1. The number of amides is 3. The van der Waals surface area contributed by atoms with Crippen LogP contribution in [-0.4, -0.2) is 67.6 Å². The predicted molar refractivity (Wildman–Crippen MR) is 152 cm³/mol. The van der Waals surface area contributed by atoms with Gasteiger partial charge in [0, 0.05) is 36.9 Å². The van der Waals surface area contributed by atoms with E-state index in [1.165, 1.54) is 23.1 Å². The van der Waals surface area contributed by atoms with Crippen LogP contribution in [-0.2, 0) is 14.3 Å². The summed E-state index contributed by atoms with van der Waals surface area (Å²) in [5.41, 5.74) is -0.189. The fourth-order valence-corrected chi connectivity index (χ4v) is 5.84. The number of hydrogen-bond acceptors (Lipinski definition) is 6. The van der Waals surface area contributed by atoms with Gasteiger partial charge >= 0.3 is 0 Å². The molecule has 0 spiro atoms. The Bertz CT molecular complexity index is 1230. The molecule has 2 fully saturated rings. The molecule has 1 aromatic carbocycles. The van der Waals surface area contributed by atoms with Crippen LogP contribution < -0.4 is 15.5 Å². The van der Waals surface area contributed by atoms with E-state index in [2.05, 4.69) is 36.3 Å². The smallest absolute Gasteiger partial charge is 0.265 e. The number of benzene rings is 1. The number of halogens is 3. The zero-order chi connectivity index (χ0) is 29.0. The summed E-state index contributed by atoms with van der Waals surface area (Å²) in [5.74, 6) is -1.14. The lowest BCUT2D eigenvalue weighted by molar-refractivity contribution is -0.126. The Balaban J connectivity index is 1.58. The Labute approximate surface area is 242 Å². The molecule has 40 heavy (non-hydrogen) atoms. The molecule has 1 saturated carbocycles. The number of carbonyl (C=O) groups excluding carboxylic acids is 3. The maximum atomic E-state index is 14.1. The first kappa shape index (κ1) is 30.4. The zero-order valence-electron chi connectivity index (χ0n) is 22.8. The lowest BCUT2D eigenvalue weighted by atomic mass is 9.86. The highest BCUT2D eigenvalue weighted by molar-refractivity contribution is 7.18. The quantitative estimate of drug-likeness (QED) is 0.386. The molecule has 2 aliphatic rings. The van der Waals surface area contributed by atoms with Crippen LogP contribution in [0.15, 0.2) is 30.3 Å². The summed E-state index contributed by atoms with van der Waals surface area (Å²) in [6.07, 6.45) is 0.0693. The molecule has 4 rings (SSSR count). The summed E-state index contributed by atoms with van der Waals surface area (Å²) in [5, 5.41) is 5.67. The minimum Gasteiger partial charge on any atom is -0.370 e. The van der Waals surface area contributed by atoms with E-state index in [1.54, 1.807) is 12.1 Å². The average molecular weight is 597 g/mol. The van der Waals surface area contributed by atoms with E-state index in [4.69, 9.17) is 16.3 Å². The number of nitrogens with zero attached hydrogens (tertiary/aromatic N) is 2. The van der Waals surface area contributed by atoms with Crippen LogP contribution in [0.5, 0.6) is 0 Å². The van der Waals surface area contributed by atoms with Gasteiger partial charge in [0.2, 0.25) is 5.91 Å². The van der Waals surface area contributed by atoms with Gasteiger partial charge in [0.15, 0.2) is 0 Å². The van der Waals surface area contributed by atoms with Crippen LogP contribution >= 0.6 is 22.9 Å². The monoisotopic (exact) mass is 596 g/mol. The second-order valence-electron chi connectivity index (χ2n) is 11.3. The SMILES string of the molecule is CC(C)(C)CN(C1CCC1)[C@@H](CNC(=O)c1ccc(Cl)s1)C(=O)Nc1ccc(N2CCOCC2=O)c(C(F)F)c1. The number of hydrogen-bond donors (Lipinski definition) is 2. The Morgan fingerprint density at radius 1 is 1.23 bits per heavy atom. The highest BCUT2D eigenvalue weighted by Gasteiger charge is 2.37. The molecule has 218 valence electrons. The molecule has 3 amide bonds. The summed E-state index contributed by atoms with van der Waals surface area (Å²) in [6, 6.07) is 6.86. The van der Waals surface area contributed by atoms with E-state index < -0.39 is 24.3 Å². The maximum Gasteiger partial charge on any atom is 0.265 e. The first-order valence-electron chi connectivity index (χ1n) is 13.3. The fourth-order valence-electron chi connectivity index (χ4n) is 4.88. The van der Waals surface area contributed by atoms with Crippen LogP contribution in [0.1, 0.15) is 61.7 Å². The number of carbonyl (C=O) groups is 3. The molecular weight excluding hydrogens is 562 g/mol. The van der Waals surface area contributed by atoms with Gasteiger partial charge < -0.3 is 20.3 Å². The molecule has 12 heteroatoms. The summed E-state index contributed by atoms with van der Waals surface area (Å²) >= 11 is 7.14. The summed E-state index contributed by atoms with van der Waals surface area (Å²) in [7, 11) is 0. The Morgan fingerprint density at radius 3 is 2.55 bits per heavy atom. The number of alkyl halides is 2. The van der Waals surface area contributed by atoms with Gasteiger partial charge in [-0.2, -0.15) is 0 Å². The van der Waals surface area contributed by atoms with Gasteiger partial charge in [-0.15, -0.1) is 11.3 Å². The van der Waals surface area contributed by atoms with Crippen LogP contribution in [0.3, 0.4) is 0 Å². The Hall–Kier alpha value is -2.60. The normalized spacial score (nSPS) is 17.2. The first-order chi connectivity index (χ1) is 18.9. The molecule has 2 heterocycles. The molecule has 0 radical (unpaired) electrons. The predicted octanol–water partition coefficient (Wildman–Crippen LogP) is 5.34. The van der Waals surface area contributed by atoms with E-state index in [9.17, 15) is 23.2 Å². The van der Waals surface area contributed by atoms with E-state index in [-0.39, 0.29) is 60.6 Å². The van der Waals surface area contributed by atoms with Crippen LogP contribution in [0.25, 0.3) is 0 Å². The second kappa shape index (κ2) is 12.9. The minimum absolute atomic E-state index is 0.0365. The third-order valence-electron chi connectivity index (χ3n) is 6.96. The first-order valence-corrected chi connectivity index (χ1v) is 14.5. The molecule has 1 aromatic heterocycles. The van der Waals surface area contributed by atoms with Gasteiger partial charge in [0.05, 0.1) is 21.5 Å². The summed E-state index contributed by atoms with van der Waals surface area (Å²) in [6.45, 7) is 7.15. The van der Waals surface area contributed by atoms with E-state index >= 15 is 0 Å². The van der Waals surface area contributed by atoms with E-state index in [0.717, 1.165) is 30.6 Å². The fraction of sp³-hybridized carbons (Fsp3) is 0.536. The summed E-state index contributed by atoms with van der Waals surface area (Å²) in [4.78, 5) is 42.7. The molecule has 1 aliphatic heterocycles. The van der Waals surface area contributed by atoms with Gasteiger partial charge in [-0.05, 0) is 48.6 Å². The van der Waals surface area contributed by atoms with Crippen molar-refractivity contribution in [3.8, 4) is 0 Å². The molecule has 2 N–H and O–H groups in total. The molecule has 8 nitrogen and oxygen atoms in total. The van der Waals surface area contributed by atoms with Crippen LogP contribution in [0.4, 0.5) is 20.2 Å². The van der Waals surface area contributed by atoms with Crippen LogP contribution in [0, 0.1) is 5.41 Å². The molecule has 0 unspecified atom stereocenters. The van der Waals surface area contributed by atoms with Gasteiger partial charge in [0.1, 0.15) is 12.6 Å². The molecule has 1 aliphatic carbocycles. The van der Waals surface area contributed by atoms with Crippen molar-refractivity contribution in [1.29, 1.82) is 0 Å². The lowest BCUT2D eigenvalue weighted by Gasteiger charge is -2.44. The van der Waals surface area contributed by atoms with Gasteiger partial charge in [-0.1, -0.05) is 38.8 Å². The average Bonchev–Trinajstić information content (AvgIpc) is 3.28. The highest BCUT2D eigenvalue weighted by atomic mass is 35.5. The van der Waals surface area contributed by atoms with Crippen molar-refractivity contribution in [3.05, 3.63) is 45.1 Å². The molecule has 1 atom stereocenters. The number of anilines is 2. The van der Waals surface area contributed by atoms with Crippen molar-refractivity contribution in [3.63, 3.8) is 0 Å². The number of rotatable bonds is 10. The number of thiophene rings is 1. The number of ether oxygens (including phenoxy) is 1. The van der Waals surface area contributed by atoms with Crippen molar-refractivity contribution in [2.45, 2.75) is 58.5 Å². The van der Waals surface area contributed by atoms with Gasteiger partial charge in [-0.25, -0.2) is 8.78 Å². The van der Waals surface area contributed by atoms with E-state index in [0.29, 0.717) is 15.8 Å². The van der Waals surface area contributed by atoms with Crippen molar-refractivity contribution in [2.75, 3.05) is 43.1 Å². The molecular formula is C28H35ClF2N4O4S. The largest absolute Gasteiger partial charge is 0.370 e. The van der Waals surface area contributed by atoms with Gasteiger partial charge in [0.25, 0.3) is 18.2 Å². The number of morpholine rings is 1. The zero-order valence-corrected chi connectivity index (χ0v) is 24.4. The minimum atomic E-state index is -2.86. The van der Waals surface area contributed by atoms with Crippen molar-refractivity contribution in [1.82, 2.24) is 10.2 Å².